The topological polar surface area (TPSA) is 33.1 Å². The lowest BCUT2D eigenvalue weighted by atomic mass is 10.2. The number of hydrogen-bond acceptors (Lipinski definition) is 2. The Morgan fingerprint density at radius 3 is 3.00 bits per heavy atom. The van der Waals surface area contributed by atoms with Gasteiger partial charge in [0.2, 0.25) is 0 Å². The van der Waals surface area contributed by atoms with Crippen molar-refractivity contribution < 1.29 is 9.50 Å². The molecule has 2 rings (SSSR count). The summed E-state index contributed by atoms with van der Waals surface area (Å²) in [4.78, 5) is 3.83. The second-order valence-electron chi connectivity index (χ2n) is 2.59. The average Bonchev–Trinajstić information content (AvgIpc) is 2.15. The van der Waals surface area contributed by atoms with Crippen LogP contribution in [-0.4, -0.2) is 10.1 Å². The minimum atomic E-state index is -0.553. The largest absolute Gasteiger partial charge is 0.506 e. The van der Waals surface area contributed by atoms with Crippen LogP contribution in [-0.2, 0) is 0 Å². The van der Waals surface area contributed by atoms with Crippen molar-refractivity contribution in [2.45, 2.75) is 0 Å². The molecule has 1 N–H and O–H groups in total. The number of phenols is 1. The first-order valence-electron chi connectivity index (χ1n) is 3.62. The van der Waals surface area contributed by atoms with E-state index in [1.165, 1.54) is 12.3 Å². The Morgan fingerprint density at radius 2 is 2.23 bits per heavy atom. The number of rotatable bonds is 0. The highest BCUT2D eigenvalue weighted by Crippen LogP contribution is 2.30. The molecule has 66 valence electrons. The van der Waals surface area contributed by atoms with E-state index in [0.29, 0.717) is 0 Å². The number of phenolic OH excluding ortho intramolecular Hbond substituents is 1. The lowest BCUT2D eigenvalue weighted by Gasteiger charge is -2.02. The Hall–Kier alpha value is -1.35. The molecule has 0 bridgehead atoms. The van der Waals surface area contributed by atoms with E-state index >= 15 is 0 Å². The minimum Gasteiger partial charge on any atom is -0.506 e. The van der Waals surface area contributed by atoms with E-state index in [-0.39, 0.29) is 21.7 Å². The van der Waals surface area contributed by atoms with Crippen molar-refractivity contribution in [1.82, 2.24) is 4.98 Å². The number of pyridine rings is 1. The molecule has 0 atom stereocenters. The van der Waals surface area contributed by atoms with Gasteiger partial charge in [0.25, 0.3) is 0 Å². The molecule has 1 aromatic heterocycles. The van der Waals surface area contributed by atoms with Crippen LogP contribution in [0.25, 0.3) is 10.9 Å². The summed E-state index contributed by atoms with van der Waals surface area (Å²) in [5, 5.41) is 9.49. The Bertz CT molecular complexity index is 472. The first kappa shape index (κ1) is 8.26. The van der Waals surface area contributed by atoms with Crippen LogP contribution in [0.15, 0.2) is 24.4 Å². The maximum absolute atomic E-state index is 13.3. The van der Waals surface area contributed by atoms with Crippen molar-refractivity contribution in [1.29, 1.82) is 0 Å². The minimum absolute atomic E-state index is 0.0991. The first-order valence-corrected chi connectivity index (χ1v) is 3.99. The zero-order valence-electron chi connectivity index (χ0n) is 6.46. The lowest BCUT2D eigenvalue weighted by molar-refractivity contribution is 0.479. The Kier molecular flexibility index (Phi) is 1.81. The van der Waals surface area contributed by atoms with Gasteiger partial charge in [0.1, 0.15) is 11.3 Å². The number of halogens is 2. The van der Waals surface area contributed by atoms with E-state index in [2.05, 4.69) is 4.98 Å². The van der Waals surface area contributed by atoms with Gasteiger partial charge in [0, 0.05) is 17.6 Å². The van der Waals surface area contributed by atoms with Gasteiger partial charge in [0.05, 0.1) is 5.02 Å². The molecule has 4 heteroatoms. The molecule has 0 fully saturated rings. The summed E-state index contributed by atoms with van der Waals surface area (Å²) in [6.45, 7) is 0. The van der Waals surface area contributed by atoms with Gasteiger partial charge in [-0.15, -0.1) is 0 Å². The van der Waals surface area contributed by atoms with E-state index in [9.17, 15) is 9.50 Å². The van der Waals surface area contributed by atoms with E-state index in [0.717, 1.165) is 6.07 Å². The van der Waals surface area contributed by atoms with Crippen LogP contribution in [0.4, 0.5) is 4.39 Å². The van der Waals surface area contributed by atoms with Crippen LogP contribution >= 0.6 is 11.6 Å². The molecule has 1 heterocycles. The zero-order valence-corrected chi connectivity index (χ0v) is 7.22. The van der Waals surface area contributed by atoms with Gasteiger partial charge in [-0.25, -0.2) is 4.39 Å². The van der Waals surface area contributed by atoms with Gasteiger partial charge in [-0.2, -0.15) is 0 Å². The summed E-state index contributed by atoms with van der Waals surface area (Å²) in [5.41, 5.74) is 0.226. The summed E-state index contributed by atoms with van der Waals surface area (Å²) in [6, 6.07) is 4.25. The number of aromatic hydroxyl groups is 1. The van der Waals surface area contributed by atoms with Crippen molar-refractivity contribution in [2.24, 2.45) is 0 Å². The van der Waals surface area contributed by atoms with Gasteiger partial charge in [-0.05, 0) is 12.1 Å². The molecule has 1 aromatic carbocycles. The highest BCUT2D eigenvalue weighted by atomic mass is 35.5. The first-order chi connectivity index (χ1) is 6.20. The van der Waals surface area contributed by atoms with Crippen LogP contribution in [0, 0.1) is 5.82 Å². The van der Waals surface area contributed by atoms with Crippen molar-refractivity contribution in [3.63, 3.8) is 0 Å². The summed E-state index contributed by atoms with van der Waals surface area (Å²) in [5.74, 6) is -0.662. The molecule has 2 aromatic rings. The quantitative estimate of drug-likeness (QED) is 0.705. The second kappa shape index (κ2) is 2.85. The second-order valence-corrected chi connectivity index (χ2v) is 3.00. The number of fused-ring (bicyclic) bond motifs is 1. The van der Waals surface area contributed by atoms with Crippen LogP contribution < -0.4 is 0 Å². The predicted molar refractivity (Wildman–Crippen MR) is 48.4 cm³/mol. The number of nitrogens with zero attached hydrogens (tertiary/aromatic N) is 1. The molecule has 0 aliphatic heterocycles. The maximum atomic E-state index is 13.3. The molecule has 0 aliphatic carbocycles. The molecule has 0 amide bonds. The van der Waals surface area contributed by atoms with E-state index < -0.39 is 5.82 Å². The fraction of sp³-hybridized carbons (Fsp3) is 0. The van der Waals surface area contributed by atoms with Crippen LogP contribution in [0.1, 0.15) is 0 Å². The fourth-order valence-electron chi connectivity index (χ4n) is 1.17. The van der Waals surface area contributed by atoms with Gasteiger partial charge in [-0.1, -0.05) is 11.6 Å². The SMILES string of the molecule is Oc1cc(Cl)c(F)c2cccnc12. The molecule has 0 saturated carbocycles. The molecule has 0 saturated heterocycles. The standard InChI is InChI=1S/C9H5ClFNO/c10-6-4-7(13)9-5(8(6)11)2-1-3-12-9/h1-4,13H. The summed E-state index contributed by atoms with van der Waals surface area (Å²) in [7, 11) is 0. The monoisotopic (exact) mass is 197 g/mol. The fourth-order valence-corrected chi connectivity index (χ4v) is 1.37. The molecule has 0 radical (unpaired) electrons. The number of aromatic nitrogens is 1. The molecule has 0 spiro atoms. The number of benzene rings is 1. The lowest BCUT2D eigenvalue weighted by Crippen LogP contribution is -1.84. The third kappa shape index (κ3) is 1.21. The van der Waals surface area contributed by atoms with Gasteiger partial charge < -0.3 is 5.11 Å². The van der Waals surface area contributed by atoms with Crippen LogP contribution in [0.5, 0.6) is 5.75 Å². The van der Waals surface area contributed by atoms with Gasteiger partial charge >= 0.3 is 0 Å². The summed E-state index contributed by atoms with van der Waals surface area (Å²) >= 11 is 5.53. The summed E-state index contributed by atoms with van der Waals surface area (Å²) in [6.07, 6.45) is 1.48. The highest BCUT2D eigenvalue weighted by Gasteiger charge is 2.09. The highest BCUT2D eigenvalue weighted by molar-refractivity contribution is 6.31. The third-order valence-corrected chi connectivity index (χ3v) is 2.03. The molecule has 13 heavy (non-hydrogen) atoms. The average molecular weight is 198 g/mol. The van der Waals surface area contributed by atoms with E-state index in [1.807, 2.05) is 0 Å². The Balaban J connectivity index is 2.97. The van der Waals surface area contributed by atoms with Crippen molar-refractivity contribution in [3.05, 3.63) is 35.2 Å². The van der Waals surface area contributed by atoms with E-state index in [1.54, 1.807) is 6.07 Å². The zero-order chi connectivity index (χ0) is 9.42. The van der Waals surface area contributed by atoms with Crippen molar-refractivity contribution >= 4 is 22.5 Å². The third-order valence-electron chi connectivity index (χ3n) is 1.76. The predicted octanol–water partition coefficient (Wildman–Crippen LogP) is 2.73. The van der Waals surface area contributed by atoms with Crippen molar-refractivity contribution in [2.75, 3.05) is 0 Å². The normalized spacial score (nSPS) is 10.6. The molecular formula is C9H5ClFNO. The number of hydrogen-bond donors (Lipinski definition) is 1. The molecule has 0 aliphatic rings. The molecule has 2 nitrogen and oxygen atoms in total. The molecule has 0 unspecified atom stereocenters. The smallest absolute Gasteiger partial charge is 0.151 e. The Labute approximate surface area is 78.6 Å². The summed E-state index contributed by atoms with van der Waals surface area (Å²) < 4.78 is 13.3. The van der Waals surface area contributed by atoms with Crippen LogP contribution in [0.2, 0.25) is 5.02 Å². The van der Waals surface area contributed by atoms with E-state index in [4.69, 9.17) is 11.6 Å². The van der Waals surface area contributed by atoms with Gasteiger partial charge in [0.15, 0.2) is 5.82 Å². The molecular weight excluding hydrogens is 193 g/mol. The van der Waals surface area contributed by atoms with Gasteiger partial charge in [-0.3, -0.25) is 4.98 Å². The van der Waals surface area contributed by atoms with Crippen LogP contribution in [0.3, 0.4) is 0 Å². The Morgan fingerprint density at radius 1 is 1.46 bits per heavy atom. The van der Waals surface area contributed by atoms with Crippen molar-refractivity contribution in [3.8, 4) is 5.75 Å². The maximum Gasteiger partial charge on any atom is 0.151 e.